The standard InChI is InChI=1S/C16H20N4OS/c17-16-12-7-3-4-8-13(12)19-14(20-16)9-22-10-15(21)18-11-5-1-2-6-11/h3-4,7-8,11H,1-2,5-6,9-10H2,(H,18,21)(H2,17,19,20). The minimum absolute atomic E-state index is 0.102. The fourth-order valence-corrected chi connectivity index (χ4v) is 3.47. The molecule has 2 aromatic rings. The van der Waals surface area contributed by atoms with Crippen LogP contribution in [0.1, 0.15) is 31.5 Å². The van der Waals surface area contributed by atoms with Gasteiger partial charge in [-0.1, -0.05) is 25.0 Å². The van der Waals surface area contributed by atoms with Crippen LogP contribution in [0.2, 0.25) is 0 Å². The molecule has 0 radical (unpaired) electrons. The fourth-order valence-electron chi connectivity index (χ4n) is 2.79. The highest BCUT2D eigenvalue weighted by Crippen LogP contribution is 2.20. The SMILES string of the molecule is Nc1nc(CSCC(=O)NC2CCCC2)nc2ccccc12. The highest BCUT2D eigenvalue weighted by Gasteiger charge is 2.17. The van der Waals surface area contributed by atoms with Crippen LogP contribution in [0.3, 0.4) is 0 Å². The average Bonchev–Trinajstić information content (AvgIpc) is 3.00. The van der Waals surface area contributed by atoms with Crippen molar-refractivity contribution in [3.8, 4) is 0 Å². The first kappa shape index (κ1) is 15.1. The van der Waals surface area contributed by atoms with Gasteiger partial charge in [-0.15, -0.1) is 11.8 Å². The number of benzene rings is 1. The van der Waals surface area contributed by atoms with E-state index >= 15 is 0 Å². The van der Waals surface area contributed by atoms with Crippen LogP contribution in [0, 0.1) is 0 Å². The number of nitrogens with one attached hydrogen (secondary N) is 1. The highest BCUT2D eigenvalue weighted by molar-refractivity contribution is 7.99. The van der Waals surface area contributed by atoms with Crippen molar-refractivity contribution in [2.75, 3.05) is 11.5 Å². The number of carbonyl (C=O) groups excluding carboxylic acids is 1. The lowest BCUT2D eigenvalue weighted by atomic mass is 10.2. The van der Waals surface area contributed by atoms with Gasteiger partial charge in [-0.3, -0.25) is 4.79 Å². The van der Waals surface area contributed by atoms with Crippen LogP contribution in [0.15, 0.2) is 24.3 Å². The van der Waals surface area contributed by atoms with E-state index in [-0.39, 0.29) is 5.91 Å². The molecule has 1 fully saturated rings. The molecule has 0 spiro atoms. The smallest absolute Gasteiger partial charge is 0.230 e. The first-order valence-corrected chi connectivity index (χ1v) is 8.76. The first-order chi connectivity index (χ1) is 10.7. The van der Waals surface area contributed by atoms with Crippen molar-refractivity contribution < 1.29 is 4.79 Å². The zero-order valence-corrected chi connectivity index (χ0v) is 13.2. The van der Waals surface area contributed by atoms with Crippen LogP contribution in [-0.4, -0.2) is 27.7 Å². The van der Waals surface area contributed by atoms with E-state index in [0.717, 1.165) is 23.7 Å². The Hall–Kier alpha value is -1.82. The number of para-hydroxylation sites is 1. The number of fused-ring (bicyclic) bond motifs is 1. The molecule has 1 aliphatic rings. The van der Waals surface area contributed by atoms with Crippen molar-refractivity contribution >= 4 is 34.4 Å². The number of anilines is 1. The molecule has 3 rings (SSSR count). The van der Waals surface area contributed by atoms with Crippen molar-refractivity contribution in [2.24, 2.45) is 0 Å². The molecular formula is C16H20N4OS. The van der Waals surface area contributed by atoms with Gasteiger partial charge in [0.1, 0.15) is 11.6 Å². The zero-order valence-electron chi connectivity index (χ0n) is 12.4. The van der Waals surface area contributed by atoms with Gasteiger partial charge in [-0.05, 0) is 25.0 Å². The maximum Gasteiger partial charge on any atom is 0.230 e. The number of rotatable bonds is 5. The molecular weight excluding hydrogens is 296 g/mol. The van der Waals surface area contributed by atoms with E-state index in [1.807, 2.05) is 24.3 Å². The molecule has 1 aliphatic carbocycles. The normalized spacial score (nSPS) is 15.3. The van der Waals surface area contributed by atoms with Gasteiger partial charge < -0.3 is 11.1 Å². The molecule has 1 aromatic carbocycles. The number of hydrogen-bond donors (Lipinski definition) is 2. The van der Waals surface area contributed by atoms with Gasteiger partial charge in [0.05, 0.1) is 17.0 Å². The van der Waals surface area contributed by atoms with Crippen molar-refractivity contribution in [2.45, 2.75) is 37.5 Å². The lowest BCUT2D eigenvalue weighted by molar-refractivity contribution is -0.119. The largest absolute Gasteiger partial charge is 0.383 e. The number of nitrogens with two attached hydrogens (primary N) is 1. The predicted molar refractivity (Wildman–Crippen MR) is 90.5 cm³/mol. The van der Waals surface area contributed by atoms with Crippen LogP contribution in [0.25, 0.3) is 10.9 Å². The maximum atomic E-state index is 11.9. The highest BCUT2D eigenvalue weighted by atomic mass is 32.2. The third-order valence-electron chi connectivity index (χ3n) is 3.86. The molecule has 1 heterocycles. The van der Waals surface area contributed by atoms with E-state index in [0.29, 0.717) is 29.2 Å². The average molecular weight is 316 g/mol. The van der Waals surface area contributed by atoms with E-state index < -0.39 is 0 Å². The van der Waals surface area contributed by atoms with Crippen molar-refractivity contribution in [3.63, 3.8) is 0 Å². The predicted octanol–water partition coefficient (Wildman–Crippen LogP) is 2.50. The second kappa shape index (κ2) is 6.96. The van der Waals surface area contributed by atoms with Gasteiger partial charge in [-0.2, -0.15) is 0 Å². The lowest BCUT2D eigenvalue weighted by Gasteiger charge is -2.11. The monoisotopic (exact) mass is 316 g/mol. The molecule has 1 amide bonds. The number of nitrogen functional groups attached to an aromatic ring is 1. The topological polar surface area (TPSA) is 80.9 Å². The van der Waals surface area contributed by atoms with Crippen molar-refractivity contribution in [1.29, 1.82) is 0 Å². The molecule has 0 saturated heterocycles. The summed E-state index contributed by atoms with van der Waals surface area (Å²) in [4.78, 5) is 20.7. The van der Waals surface area contributed by atoms with E-state index in [1.54, 1.807) is 0 Å². The van der Waals surface area contributed by atoms with Crippen LogP contribution in [0.5, 0.6) is 0 Å². The summed E-state index contributed by atoms with van der Waals surface area (Å²) >= 11 is 1.52. The molecule has 22 heavy (non-hydrogen) atoms. The third-order valence-corrected chi connectivity index (χ3v) is 4.79. The summed E-state index contributed by atoms with van der Waals surface area (Å²) in [6.07, 6.45) is 4.67. The lowest BCUT2D eigenvalue weighted by Crippen LogP contribution is -2.33. The third kappa shape index (κ3) is 3.68. The Morgan fingerprint density at radius 3 is 2.86 bits per heavy atom. The molecule has 5 nitrogen and oxygen atoms in total. The first-order valence-electron chi connectivity index (χ1n) is 7.60. The van der Waals surface area contributed by atoms with E-state index in [1.165, 1.54) is 24.6 Å². The Bertz CT molecular complexity index is 670. The van der Waals surface area contributed by atoms with Gasteiger partial charge in [0.25, 0.3) is 0 Å². The second-order valence-electron chi connectivity index (χ2n) is 5.58. The molecule has 1 saturated carbocycles. The summed E-state index contributed by atoms with van der Waals surface area (Å²) in [6.45, 7) is 0. The summed E-state index contributed by atoms with van der Waals surface area (Å²) in [5.74, 6) is 2.30. The molecule has 0 atom stereocenters. The summed E-state index contributed by atoms with van der Waals surface area (Å²) in [5, 5.41) is 3.95. The Labute approximate surface area is 134 Å². The number of nitrogens with zero attached hydrogens (tertiary/aromatic N) is 2. The van der Waals surface area contributed by atoms with E-state index in [4.69, 9.17) is 5.73 Å². The van der Waals surface area contributed by atoms with E-state index in [2.05, 4.69) is 15.3 Å². The van der Waals surface area contributed by atoms with Crippen LogP contribution in [0.4, 0.5) is 5.82 Å². The molecule has 0 bridgehead atoms. The molecule has 3 N–H and O–H groups in total. The summed E-state index contributed by atoms with van der Waals surface area (Å²) < 4.78 is 0. The van der Waals surface area contributed by atoms with Crippen LogP contribution < -0.4 is 11.1 Å². The molecule has 116 valence electrons. The molecule has 0 unspecified atom stereocenters. The quantitative estimate of drug-likeness (QED) is 0.886. The Morgan fingerprint density at radius 2 is 2.05 bits per heavy atom. The summed E-state index contributed by atoms with van der Waals surface area (Å²) in [5.41, 5.74) is 6.81. The van der Waals surface area contributed by atoms with Crippen LogP contribution >= 0.6 is 11.8 Å². The van der Waals surface area contributed by atoms with Gasteiger partial charge >= 0.3 is 0 Å². The summed E-state index contributed by atoms with van der Waals surface area (Å²) in [6, 6.07) is 8.07. The van der Waals surface area contributed by atoms with Crippen molar-refractivity contribution in [1.82, 2.24) is 15.3 Å². The minimum atomic E-state index is 0.102. The number of amides is 1. The minimum Gasteiger partial charge on any atom is -0.383 e. The fraction of sp³-hybridized carbons (Fsp3) is 0.438. The zero-order chi connectivity index (χ0) is 15.4. The van der Waals surface area contributed by atoms with Gasteiger partial charge in [-0.25, -0.2) is 9.97 Å². The Morgan fingerprint density at radius 1 is 1.27 bits per heavy atom. The summed E-state index contributed by atoms with van der Waals surface area (Å²) in [7, 11) is 0. The van der Waals surface area contributed by atoms with Crippen molar-refractivity contribution in [3.05, 3.63) is 30.1 Å². The maximum absolute atomic E-state index is 11.9. The second-order valence-corrected chi connectivity index (χ2v) is 6.57. The van der Waals surface area contributed by atoms with Gasteiger partial charge in [0.2, 0.25) is 5.91 Å². The number of hydrogen-bond acceptors (Lipinski definition) is 5. The Kier molecular flexibility index (Phi) is 4.77. The van der Waals surface area contributed by atoms with Gasteiger partial charge in [0, 0.05) is 11.4 Å². The molecule has 6 heteroatoms. The van der Waals surface area contributed by atoms with Gasteiger partial charge in [0.15, 0.2) is 0 Å². The Balaban J connectivity index is 1.54. The number of carbonyl (C=O) groups is 1. The molecule has 0 aliphatic heterocycles. The van der Waals surface area contributed by atoms with Crippen LogP contribution in [-0.2, 0) is 10.5 Å². The number of aromatic nitrogens is 2. The number of thioether (sulfide) groups is 1. The molecule has 1 aromatic heterocycles. The van der Waals surface area contributed by atoms with E-state index in [9.17, 15) is 4.79 Å².